The van der Waals surface area contributed by atoms with E-state index in [9.17, 15) is 9.59 Å². The molecule has 0 bridgehead atoms. The van der Waals surface area contributed by atoms with Gasteiger partial charge in [0.15, 0.2) is 5.58 Å². The molecule has 0 radical (unpaired) electrons. The lowest BCUT2D eigenvalue weighted by atomic mass is 10.0. The summed E-state index contributed by atoms with van der Waals surface area (Å²) in [6.07, 6.45) is 2.11. The smallest absolute Gasteiger partial charge is 0.408 e. The van der Waals surface area contributed by atoms with Crippen LogP contribution in [-0.4, -0.2) is 40.6 Å². The summed E-state index contributed by atoms with van der Waals surface area (Å²) in [5, 5.41) is 4.14. The van der Waals surface area contributed by atoms with Crippen molar-refractivity contribution >= 4 is 27.9 Å². The summed E-state index contributed by atoms with van der Waals surface area (Å²) in [6, 6.07) is 15.3. The quantitative estimate of drug-likeness (QED) is 0.547. The number of aryl methyl sites for hydroxylation is 1. The zero-order chi connectivity index (χ0) is 20.5. The predicted molar refractivity (Wildman–Crippen MR) is 113 cm³/mol. The van der Waals surface area contributed by atoms with Gasteiger partial charge in [-0.1, -0.05) is 30.3 Å². The minimum Gasteiger partial charge on any atom is -0.408 e. The van der Waals surface area contributed by atoms with Gasteiger partial charge >= 0.3 is 5.76 Å². The highest BCUT2D eigenvalue weighted by Gasteiger charge is 2.20. The van der Waals surface area contributed by atoms with E-state index in [4.69, 9.17) is 4.42 Å². The molecule has 0 aliphatic carbocycles. The third-order valence-electron chi connectivity index (χ3n) is 5.28. The monoisotopic (exact) mass is 392 g/mol. The summed E-state index contributed by atoms with van der Waals surface area (Å²) in [7, 11) is 6.01. The molecule has 4 aromatic rings. The van der Waals surface area contributed by atoms with E-state index in [1.54, 1.807) is 18.2 Å². The average molecular weight is 392 g/mol. The molecule has 150 valence electrons. The molecular weight excluding hydrogens is 368 g/mol. The Balaban J connectivity index is 1.53. The van der Waals surface area contributed by atoms with Gasteiger partial charge in [0.2, 0.25) is 5.91 Å². The predicted octanol–water partition coefficient (Wildman–Crippen LogP) is 2.51. The van der Waals surface area contributed by atoms with Gasteiger partial charge in [0.1, 0.15) is 6.54 Å². The normalized spacial score (nSPS) is 12.7. The molecule has 1 atom stereocenters. The first-order valence-corrected chi connectivity index (χ1v) is 9.51. The van der Waals surface area contributed by atoms with E-state index in [2.05, 4.69) is 33.1 Å². The number of hydrogen-bond donors (Lipinski definition) is 1. The Kier molecular flexibility index (Phi) is 4.98. The maximum Gasteiger partial charge on any atom is 0.420 e. The Bertz CT molecular complexity index is 1230. The van der Waals surface area contributed by atoms with E-state index in [-0.39, 0.29) is 18.5 Å². The van der Waals surface area contributed by atoms with Gasteiger partial charge in [0.05, 0.1) is 11.6 Å². The Hall–Kier alpha value is -3.32. The molecule has 0 spiro atoms. The van der Waals surface area contributed by atoms with Crippen LogP contribution in [0.2, 0.25) is 0 Å². The summed E-state index contributed by atoms with van der Waals surface area (Å²) in [5.41, 5.74) is 3.40. The summed E-state index contributed by atoms with van der Waals surface area (Å²) < 4.78 is 8.65. The number of oxazole rings is 1. The van der Waals surface area contributed by atoms with Crippen molar-refractivity contribution in [2.75, 3.05) is 20.6 Å². The van der Waals surface area contributed by atoms with E-state index in [1.807, 2.05) is 39.3 Å². The number of benzene rings is 2. The van der Waals surface area contributed by atoms with Crippen LogP contribution in [0.4, 0.5) is 0 Å². The lowest BCUT2D eigenvalue weighted by Gasteiger charge is -2.24. The first kappa shape index (κ1) is 19.0. The van der Waals surface area contributed by atoms with Gasteiger partial charge in [-0.05, 0) is 37.9 Å². The van der Waals surface area contributed by atoms with Crippen molar-refractivity contribution in [3.8, 4) is 0 Å². The number of hydrogen-bond acceptors (Lipinski definition) is 4. The number of likely N-dealkylation sites (N-methyl/N-ethyl adjacent to an activating group) is 1. The largest absolute Gasteiger partial charge is 0.420 e. The van der Waals surface area contributed by atoms with Crippen molar-refractivity contribution in [2.24, 2.45) is 7.05 Å². The zero-order valence-electron chi connectivity index (χ0n) is 16.8. The summed E-state index contributed by atoms with van der Waals surface area (Å²) in [5.74, 6) is -0.759. The minimum atomic E-state index is -0.528. The highest BCUT2D eigenvalue weighted by molar-refractivity contribution is 5.84. The average Bonchev–Trinajstić information content (AvgIpc) is 3.19. The topological polar surface area (TPSA) is 72.4 Å². The summed E-state index contributed by atoms with van der Waals surface area (Å²) in [4.78, 5) is 26.8. The fraction of sp³-hybridized carbons (Fsp3) is 0.273. The highest BCUT2D eigenvalue weighted by Crippen LogP contribution is 2.28. The van der Waals surface area contributed by atoms with Crippen LogP contribution in [0.5, 0.6) is 0 Å². The number of nitrogens with zero attached hydrogens (tertiary/aromatic N) is 3. The third kappa shape index (κ3) is 3.56. The molecule has 0 unspecified atom stereocenters. The van der Waals surface area contributed by atoms with Crippen molar-refractivity contribution in [3.63, 3.8) is 0 Å². The maximum absolute atomic E-state index is 12.6. The number of rotatable bonds is 6. The zero-order valence-corrected chi connectivity index (χ0v) is 16.8. The molecular formula is C22H24N4O3. The molecule has 4 rings (SSSR count). The summed E-state index contributed by atoms with van der Waals surface area (Å²) in [6.45, 7) is 0.357. The molecule has 2 aromatic heterocycles. The molecule has 7 heteroatoms. The number of carbonyl (C=O) groups excluding carboxylic acids is 1. The molecule has 2 heterocycles. The number of fused-ring (bicyclic) bond motifs is 2. The van der Waals surface area contributed by atoms with Crippen LogP contribution in [0, 0.1) is 0 Å². The maximum atomic E-state index is 12.6. The van der Waals surface area contributed by atoms with Gasteiger partial charge < -0.3 is 19.2 Å². The number of amides is 1. The molecule has 0 aliphatic rings. The van der Waals surface area contributed by atoms with Crippen molar-refractivity contribution in [1.29, 1.82) is 0 Å². The first-order chi connectivity index (χ1) is 14.0. The number of aromatic nitrogens is 2. The minimum absolute atomic E-state index is 0.00265. The summed E-state index contributed by atoms with van der Waals surface area (Å²) >= 11 is 0. The number of carbonyl (C=O) groups is 1. The molecule has 7 nitrogen and oxygen atoms in total. The Morgan fingerprint density at radius 1 is 1.10 bits per heavy atom. The fourth-order valence-corrected chi connectivity index (χ4v) is 3.78. The fourth-order valence-electron chi connectivity index (χ4n) is 3.78. The van der Waals surface area contributed by atoms with E-state index >= 15 is 0 Å². The molecule has 0 fully saturated rings. The molecule has 1 amide bonds. The first-order valence-electron chi connectivity index (χ1n) is 9.51. The van der Waals surface area contributed by atoms with Crippen LogP contribution in [0.3, 0.4) is 0 Å². The molecule has 1 N–H and O–H groups in total. The second-order valence-electron chi connectivity index (χ2n) is 7.42. The van der Waals surface area contributed by atoms with Gasteiger partial charge in [0.25, 0.3) is 0 Å². The van der Waals surface area contributed by atoms with E-state index in [0.717, 1.165) is 11.1 Å². The van der Waals surface area contributed by atoms with Crippen LogP contribution >= 0.6 is 0 Å². The van der Waals surface area contributed by atoms with Gasteiger partial charge in [-0.3, -0.25) is 9.36 Å². The van der Waals surface area contributed by atoms with E-state index in [0.29, 0.717) is 17.6 Å². The molecule has 0 saturated carbocycles. The van der Waals surface area contributed by atoms with Crippen molar-refractivity contribution in [1.82, 2.24) is 19.4 Å². The van der Waals surface area contributed by atoms with Crippen LogP contribution in [0.1, 0.15) is 11.6 Å². The number of nitrogens with one attached hydrogen (secondary N) is 1. The SMILES string of the molecule is CN(C)[C@H](CNC(=O)Cn1c(=O)oc2ccccc21)c1cn(C)c2ccccc12. The van der Waals surface area contributed by atoms with Crippen LogP contribution in [0.25, 0.3) is 22.0 Å². The van der Waals surface area contributed by atoms with Crippen molar-refractivity contribution < 1.29 is 9.21 Å². The van der Waals surface area contributed by atoms with Crippen LogP contribution in [0.15, 0.2) is 63.9 Å². The molecule has 0 saturated heterocycles. The Labute approximate surface area is 168 Å². The highest BCUT2D eigenvalue weighted by atomic mass is 16.4. The van der Waals surface area contributed by atoms with E-state index < -0.39 is 5.76 Å². The molecule has 29 heavy (non-hydrogen) atoms. The van der Waals surface area contributed by atoms with Crippen molar-refractivity contribution in [2.45, 2.75) is 12.6 Å². The lowest BCUT2D eigenvalue weighted by Crippen LogP contribution is -2.37. The number of para-hydroxylation sites is 3. The standard InChI is InChI=1S/C22H24N4O3/c1-24(2)19(16-13-25(3)17-9-5-4-8-15(16)17)12-23-21(27)14-26-18-10-6-7-11-20(18)29-22(26)28/h4-11,13,19H,12,14H2,1-3H3,(H,23,27)/t19-/m1/s1. The van der Waals surface area contributed by atoms with Crippen LogP contribution in [-0.2, 0) is 18.4 Å². The van der Waals surface area contributed by atoms with Gasteiger partial charge in [0, 0.05) is 30.7 Å². The molecule has 2 aromatic carbocycles. The Morgan fingerprint density at radius 3 is 2.55 bits per heavy atom. The molecule has 0 aliphatic heterocycles. The van der Waals surface area contributed by atoms with Crippen molar-refractivity contribution in [3.05, 3.63) is 70.8 Å². The van der Waals surface area contributed by atoms with Gasteiger partial charge in [-0.2, -0.15) is 0 Å². The third-order valence-corrected chi connectivity index (χ3v) is 5.28. The second kappa shape index (κ2) is 7.60. The van der Waals surface area contributed by atoms with Crippen LogP contribution < -0.4 is 11.1 Å². The second-order valence-corrected chi connectivity index (χ2v) is 7.42. The lowest BCUT2D eigenvalue weighted by molar-refractivity contribution is -0.121. The van der Waals surface area contributed by atoms with Gasteiger partial charge in [-0.15, -0.1) is 0 Å². The van der Waals surface area contributed by atoms with Gasteiger partial charge in [-0.25, -0.2) is 4.79 Å². The Morgan fingerprint density at radius 2 is 1.79 bits per heavy atom. The van der Waals surface area contributed by atoms with E-state index in [1.165, 1.54) is 9.95 Å².